The lowest BCUT2D eigenvalue weighted by Crippen LogP contribution is -2.44. The second kappa shape index (κ2) is 7.11. The van der Waals surface area contributed by atoms with Crippen molar-refractivity contribution < 1.29 is 24.1 Å². The van der Waals surface area contributed by atoms with Gasteiger partial charge in [0, 0.05) is 43.0 Å². The molecule has 0 spiro atoms. The molecule has 0 radical (unpaired) electrons. The van der Waals surface area contributed by atoms with E-state index >= 15 is 0 Å². The molecule has 8 nitrogen and oxygen atoms in total. The Morgan fingerprint density at radius 3 is 2.72 bits per heavy atom. The predicted octanol–water partition coefficient (Wildman–Crippen LogP) is 1.82. The lowest BCUT2D eigenvalue weighted by molar-refractivity contribution is 0.0598. The highest BCUT2D eigenvalue weighted by atomic mass is 16.5. The monoisotopic (exact) mass is 400 g/mol. The summed E-state index contributed by atoms with van der Waals surface area (Å²) >= 11 is 0. The zero-order chi connectivity index (χ0) is 20.9. The number of phenolic OH excluding ortho intramolecular Hbond substituents is 1. The first kappa shape index (κ1) is 19.3. The summed E-state index contributed by atoms with van der Waals surface area (Å²) in [6.45, 7) is 5.05. The third-order valence-corrected chi connectivity index (χ3v) is 5.45. The molecule has 1 aromatic carbocycles. The number of rotatable bonds is 4. The molecule has 29 heavy (non-hydrogen) atoms. The van der Waals surface area contributed by atoms with Crippen molar-refractivity contribution in [1.29, 1.82) is 0 Å². The average molecular weight is 400 g/mol. The lowest BCUT2D eigenvalue weighted by Gasteiger charge is -2.38. The van der Waals surface area contributed by atoms with Crippen LogP contribution >= 0.6 is 0 Å². The molecule has 0 fully saturated rings. The fourth-order valence-electron chi connectivity index (χ4n) is 4.08. The third-order valence-electron chi connectivity index (χ3n) is 5.45. The van der Waals surface area contributed by atoms with E-state index in [2.05, 4.69) is 5.01 Å². The predicted molar refractivity (Wildman–Crippen MR) is 106 cm³/mol. The first-order valence-corrected chi connectivity index (χ1v) is 9.51. The summed E-state index contributed by atoms with van der Waals surface area (Å²) in [5.74, 6) is -0.157. The molecule has 8 heteroatoms. The van der Waals surface area contributed by atoms with Crippen molar-refractivity contribution in [2.24, 2.45) is 0 Å². The molecule has 1 unspecified atom stereocenters. The Hall–Kier alpha value is -3.00. The molecule has 0 aliphatic carbocycles. The fourth-order valence-corrected chi connectivity index (χ4v) is 4.08. The van der Waals surface area contributed by atoms with Gasteiger partial charge in [-0.2, -0.15) is 0 Å². The molecule has 3 heterocycles. The van der Waals surface area contributed by atoms with Crippen molar-refractivity contribution in [3.05, 3.63) is 45.2 Å². The highest BCUT2D eigenvalue weighted by Crippen LogP contribution is 2.46. The molecule has 1 N–H and O–H groups in total. The fraction of sp³-hybridized carbons (Fsp3) is 0.429. The molecule has 154 valence electrons. The average Bonchev–Trinajstić information content (AvgIpc) is 3.11. The smallest absolute Gasteiger partial charge is 0.343 e. The Morgan fingerprint density at radius 2 is 2.07 bits per heavy atom. The maximum atomic E-state index is 12.6. The van der Waals surface area contributed by atoms with Gasteiger partial charge in [-0.15, -0.1) is 0 Å². The van der Waals surface area contributed by atoms with Gasteiger partial charge in [-0.1, -0.05) is 0 Å². The summed E-state index contributed by atoms with van der Waals surface area (Å²) in [7, 11) is 2.86. The number of benzene rings is 1. The summed E-state index contributed by atoms with van der Waals surface area (Å²) in [5.41, 5.74) is 2.87. The van der Waals surface area contributed by atoms with E-state index in [1.807, 2.05) is 13.8 Å². The maximum Gasteiger partial charge on any atom is 0.343 e. The van der Waals surface area contributed by atoms with Crippen LogP contribution in [-0.4, -0.2) is 48.7 Å². The van der Waals surface area contributed by atoms with E-state index in [9.17, 15) is 14.7 Å². The number of aromatic nitrogens is 1. The largest absolute Gasteiger partial charge is 0.504 e. The van der Waals surface area contributed by atoms with Gasteiger partial charge in [0.2, 0.25) is 0 Å². The molecule has 1 atom stereocenters. The van der Waals surface area contributed by atoms with Crippen LogP contribution in [0.3, 0.4) is 0 Å². The van der Waals surface area contributed by atoms with Crippen molar-refractivity contribution >= 4 is 5.97 Å². The Labute approximate surface area is 168 Å². The lowest BCUT2D eigenvalue weighted by atomic mass is 9.92. The normalized spacial score (nSPS) is 16.9. The van der Waals surface area contributed by atoms with Gasteiger partial charge in [-0.3, -0.25) is 9.47 Å². The molecular formula is C21H24N2O6. The Bertz CT molecular complexity index is 1040. The zero-order valence-corrected chi connectivity index (χ0v) is 16.9. The summed E-state index contributed by atoms with van der Waals surface area (Å²) in [4.78, 5) is 24.6. The van der Waals surface area contributed by atoms with Gasteiger partial charge in [0.15, 0.2) is 16.9 Å². The van der Waals surface area contributed by atoms with Gasteiger partial charge >= 0.3 is 5.97 Å². The van der Waals surface area contributed by atoms with Gasteiger partial charge in [-0.05, 0) is 25.5 Å². The molecule has 2 aromatic rings. The standard InChI is InChI=1S/C21H24N2O6/c1-11(2)22-8-15-13(6-19(25)20-14(15)5-12(29-20)10-27-3)17-7-18(24)16(9-23(17)22)21(26)28-4/h6-7,9,11-12,25H,5,8,10H2,1-4H3. The number of carbonyl (C=O) groups is 1. The minimum absolute atomic E-state index is 0.0285. The van der Waals surface area contributed by atoms with Crippen molar-refractivity contribution in [3.63, 3.8) is 0 Å². The van der Waals surface area contributed by atoms with Crippen molar-refractivity contribution in [2.45, 2.75) is 39.0 Å². The van der Waals surface area contributed by atoms with E-state index < -0.39 is 11.4 Å². The third kappa shape index (κ3) is 3.04. The highest BCUT2D eigenvalue weighted by Gasteiger charge is 2.34. The number of aromatic hydroxyl groups is 1. The van der Waals surface area contributed by atoms with Crippen LogP contribution in [0.5, 0.6) is 11.5 Å². The molecule has 4 rings (SSSR count). The number of hydrogen-bond donors (Lipinski definition) is 1. The van der Waals surface area contributed by atoms with Gasteiger partial charge in [0.05, 0.1) is 26.0 Å². The highest BCUT2D eigenvalue weighted by molar-refractivity contribution is 5.89. The van der Waals surface area contributed by atoms with Crippen molar-refractivity contribution in [3.8, 4) is 22.8 Å². The van der Waals surface area contributed by atoms with Crippen LogP contribution in [0.15, 0.2) is 23.1 Å². The molecule has 0 saturated heterocycles. The first-order chi connectivity index (χ1) is 13.8. The second-order valence-electron chi connectivity index (χ2n) is 7.59. The minimum atomic E-state index is -0.674. The quantitative estimate of drug-likeness (QED) is 0.783. The zero-order valence-electron chi connectivity index (χ0n) is 16.9. The number of ether oxygens (including phenoxy) is 3. The molecular weight excluding hydrogens is 376 g/mol. The number of pyridine rings is 1. The molecule has 0 saturated carbocycles. The molecule has 0 bridgehead atoms. The number of phenols is 1. The van der Waals surface area contributed by atoms with Crippen LogP contribution < -0.4 is 15.2 Å². The number of hydrogen-bond acceptors (Lipinski definition) is 7. The summed E-state index contributed by atoms with van der Waals surface area (Å²) in [5, 5.41) is 12.6. The SMILES string of the molecule is COCC1Cc2c3c(cc(O)c2O1)-c1cc(=O)c(C(=O)OC)cn1N(C(C)C)C3. The molecule has 2 aliphatic heterocycles. The summed E-state index contributed by atoms with van der Waals surface area (Å²) in [6.07, 6.45) is 1.97. The number of fused-ring (bicyclic) bond motifs is 5. The molecule has 2 aliphatic rings. The summed E-state index contributed by atoms with van der Waals surface area (Å²) in [6, 6.07) is 3.15. The maximum absolute atomic E-state index is 12.6. The van der Waals surface area contributed by atoms with E-state index in [0.717, 1.165) is 16.7 Å². The Balaban J connectivity index is 1.93. The number of nitrogens with zero attached hydrogens (tertiary/aromatic N) is 2. The van der Waals surface area contributed by atoms with Crippen molar-refractivity contribution in [1.82, 2.24) is 4.68 Å². The second-order valence-corrected chi connectivity index (χ2v) is 7.59. The number of carbonyl (C=O) groups excluding carboxylic acids is 1. The van der Waals surface area contributed by atoms with E-state index in [1.165, 1.54) is 19.4 Å². The Morgan fingerprint density at radius 1 is 1.31 bits per heavy atom. The van der Waals surface area contributed by atoms with Gasteiger partial charge in [0.25, 0.3) is 0 Å². The van der Waals surface area contributed by atoms with Crippen LogP contribution in [-0.2, 0) is 22.4 Å². The number of methoxy groups -OCH3 is 2. The van der Waals surface area contributed by atoms with E-state index in [4.69, 9.17) is 14.2 Å². The molecule has 0 amide bonds. The van der Waals surface area contributed by atoms with Crippen LogP contribution in [0.2, 0.25) is 0 Å². The van der Waals surface area contributed by atoms with Crippen LogP contribution in [0, 0.1) is 0 Å². The van der Waals surface area contributed by atoms with Gasteiger partial charge < -0.3 is 24.3 Å². The van der Waals surface area contributed by atoms with Gasteiger partial charge in [0.1, 0.15) is 11.7 Å². The first-order valence-electron chi connectivity index (χ1n) is 9.51. The molecule has 1 aromatic heterocycles. The minimum Gasteiger partial charge on any atom is -0.504 e. The van der Waals surface area contributed by atoms with Gasteiger partial charge in [-0.25, -0.2) is 4.79 Å². The van der Waals surface area contributed by atoms with E-state index in [-0.39, 0.29) is 23.5 Å². The van der Waals surface area contributed by atoms with Crippen LogP contribution in [0.4, 0.5) is 0 Å². The summed E-state index contributed by atoms with van der Waals surface area (Å²) < 4.78 is 17.7. The van der Waals surface area contributed by atoms with Crippen LogP contribution in [0.25, 0.3) is 11.3 Å². The number of esters is 1. The van der Waals surface area contributed by atoms with E-state index in [1.54, 1.807) is 17.9 Å². The van der Waals surface area contributed by atoms with E-state index in [0.29, 0.717) is 31.0 Å². The topological polar surface area (TPSA) is 90.2 Å². The Kier molecular flexibility index (Phi) is 4.74. The van der Waals surface area contributed by atoms with Crippen LogP contribution in [0.1, 0.15) is 35.3 Å². The van der Waals surface area contributed by atoms with Crippen molar-refractivity contribution in [2.75, 3.05) is 25.8 Å².